The predicted molar refractivity (Wildman–Crippen MR) is 68.9 cm³/mol. The molecular weight excluding hydrogens is 284 g/mol. The molecule has 2 rings (SSSR count). The summed E-state index contributed by atoms with van der Waals surface area (Å²) >= 11 is 0. The minimum atomic E-state index is -1.41. The van der Waals surface area contributed by atoms with Crippen molar-refractivity contribution in [1.82, 2.24) is 15.0 Å². The molecule has 6 nitrogen and oxygen atoms in total. The monoisotopic (exact) mass is 297 g/mol. The Hall–Kier alpha value is -2.35. The zero-order valence-corrected chi connectivity index (χ0v) is 11.4. The van der Waals surface area contributed by atoms with E-state index in [1.54, 1.807) is 0 Å². The van der Waals surface area contributed by atoms with Gasteiger partial charge < -0.3 is 14.5 Å². The van der Waals surface area contributed by atoms with Gasteiger partial charge in [0.15, 0.2) is 17.5 Å². The molecule has 21 heavy (non-hydrogen) atoms. The van der Waals surface area contributed by atoms with Crippen molar-refractivity contribution in [3.05, 3.63) is 35.2 Å². The highest BCUT2D eigenvalue weighted by Gasteiger charge is 2.21. The number of halogens is 2. The van der Waals surface area contributed by atoms with Gasteiger partial charge >= 0.3 is 5.97 Å². The average Bonchev–Trinajstić information content (AvgIpc) is 2.87. The lowest BCUT2D eigenvalue weighted by Gasteiger charge is -2.05. The summed E-state index contributed by atoms with van der Waals surface area (Å²) in [5, 5.41) is 12.7. The van der Waals surface area contributed by atoms with E-state index in [9.17, 15) is 13.6 Å². The molecule has 1 aromatic carbocycles. The summed E-state index contributed by atoms with van der Waals surface area (Å²) in [4.78, 5) is 17.0. The summed E-state index contributed by atoms with van der Waals surface area (Å²) in [5.41, 5.74) is -0.582. The van der Waals surface area contributed by atoms with E-state index in [4.69, 9.17) is 9.63 Å². The molecule has 0 amide bonds. The Labute approximate surface area is 119 Å². The second kappa shape index (κ2) is 5.96. The van der Waals surface area contributed by atoms with Gasteiger partial charge in [-0.2, -0.15) is 4.98 Å². The molecule has 1 N–H and O–H groups in total. The van der Waals surface area contributed by atoms with Crippen LogP contribution in [0.4, 0.5) is 8.78 Å². The Bertz CT molecular complexity index is 671. The largest absolute Gasteiger partial charge is 0.478 e. The second-order valence-corrected chi connectivity index (χ2v) is 4.69. The first-order valence-electron chi connectivity index (χ1n) is 6.08. The van der Waals surface area contributed by atoms with Crippen LogP contribution >= 0.6 is 0 Å². The molecule has 8 heteroatoms. The maximum absolute atomic E-state index is 13.3. The van der Waals surface area contributed by atoms with Crippen molar-refractivity contribution >= 4 is 5.97 Å². The van der Waals surface area contributed by atoms with E-state index in [0.717, 1.165) is 6.07 Å². The molecule has 0 spiro atoms. The van der Waals surface area contributed by atoms with Gasteiger partial charge in [-0.05, 0) is 26.2 Å². The Morgan fingerprint density at radius 3 is 2.62 bits per heavy atom. The highest BCUT2D eigenvalue weighted by molar-refractivity contribution is 5.94. The minimum Gasteiger partial charge on any atom is -0.478 e. The molecular formula is C13H13F2N3O3. The number of carbonyl (C=O) groups is 1. The van der Waals surface area contributed by atoms with E-state index in [2.05, 4.69) is 10.1 Å². The summed E-state index contributed by atoms with van der Waals surface area (Å²) in [6, 6.07) is 1.33. The number of carboxylic acid groups (broad SMARTS) is 1. The first kappa shape index (κ1) is 15.0. The van der Waals surface area contributed by atoms with Crippen molar-refractivity contribution in [3.63, 3.8) is 0 Å². The summed E-state index contributed by atoms with van der Waals surface area (Å²) in [6.45, 7) is 0.669. The minimum absolute atomic E-state index is 0.148. The number of nitrogens with zero attached hydrogens (tertiary/aromatic N) is 3. The zero-order valence-electron chi connectivity index (χ0n) is 11.4. The summed E-state index contributed by atoms with van der Waals surface area (Å²) in [6.07, 6.45) is 0.489. The number of hydrogen-bond donors (Lipinski definition) is 1. The first-order valence-corrected chi connectivity index (χ1v) is 6.08. The Kier molecular flexibility index (Phi) is 4.27. The smallest absolute Gasteiger partial charge is 0.336 e. The highest BCUT2D eigenvalue weighted by Crippen LogP contribution is 2.25. The van der Waals surface area contributed by atoms with Gasteiger partial charge in [0, 0.05) is 13.0 Å². The van der Waals surface area contributed by atoms with Crippen molar-refractivity contribution in [2.45, 2.75) is 6.42 Å². The van der Waals surface area contributed by atoms with E-state index >= 15 is 0 Å². The van der Waals surface area contributed by atoms with Crippen LogP contribution in [0.1, 0.15) is 16.2 Å². The molecule has 0 aliphatic heterocycles. The van der Waals surface area contributed by atoms with E-state index in [0.29, 0.717) is 24.9 Å². The van der Waals surface area contributed by atoms with Crippen LogP contribution in [0.5, 0.6) is 0 Å². The number of carboxylic acids is 1. The van der Waals surface area contributed by atoms with E-state index < -0.39 is 23.2 Å². The van der Waals surface area contributed by atoms with E-state index in [1.165, 1.54) is 0 Å². The van der Waals surface area contributed by atoms with Crippen LogP contribution < -0.4 is 0 Å². The molecule has 0 radical (unpaired) electrons. The third-order valence-electron chi connectivity index (χ3n) is 2.77. The fourth-order valence-corrected chi connectivity index (χ4v) is 1.69. The number of benzene rings is 1. The van der Waals surface area contributed by atoms with Crippen LogP contribution in [0.15, 0.2) is 16.7 Å². The van der Waals surface area contributed by atoms with Crippen LogP contribution in [0.25, 0.3) is 11.5 Å². The van der Waals surface area contributed by atoms with Crippen molar-refractivity contribution in [3.8, 4) is 11.5 Å². The molecule has 0 saturated carbocycles. The van der Waals surface area contributed by atoms with Gasteiger partial charge in [0.05, 0.1) is 11.1 Å². The van der Waals surface area contributed by atoms with Gasteiger partial charge in [0.25, 0.3) is 5.89 Å². The molecule has 0 bridgehead atoms. The van der Waals surface area contributed by atoms with Crippen LogP contribution in [-0.4, -0.2) is 46.8 Å². The maximum Gasteiger partial charge on any atom is 0.336 e. The van der Waals surface area contributed by atoms with Gasteiger partial charge in [-0.3, -0.25) is 0 Å². The summed E-state index contributed by atoms with van der Waals surface area (Å²) in [5.74, 6) is -3.62. The van der Waals surface area contributed by atoms with Gasteiger partial charge in [-0.1, -0.05) is 5.16 Å². The number of rotatable bonds is 5. The third-order valence-corrected chi connectivity index (χ3v) is 2.77. The van der Waals surface area contributed by atoms with Crippen molar-refractivity contribution in [2.24, 2.45) is 0 Å². The van der Waals surface area contributed by atoms with E-state index in [1.807, 2.05) is 19.0 Å². The third kappa shape index (κ3) is 3.40. The normalized spacial score (nSPS) is 11.1. The molecule has 0 saturated heterocycles. The molecule has 0 atom stereocenters. The molecule has 1 heterocycles. The second-order valence-electron chi connectivity index (χ2n) is 4.69. The molecule has 0 aliphatic rings. The highest BCUT2D eigenvalue weighted by atomic mass is 19.2. The molecule has 0 unspecified atom stereocenters. The lowest BCUT2D eigenvalue weighted by Crippen LogP contribution is -2.15. The Morgan fingerprint density at radius 1 is 1.33 bits per heavy atom. The SMILES string of the molecule is CN(C)CCc1noc(-c2cc(F)c(F)cc2C(=O)O)n1. The van der Waals surface area contributed by atoms with Crippen LogP contribution in [0, 0.1) is 11.6 Å². The van der Waals surface area contributed by atoms with Crippen molar-refractivity contribution in [2.75, 3.05) is 20.6 Å². The molecule has 112 valence electrons. The lowest BCUT2D eigenvalue weighted by molar-refractivity contribution is 0.0696. The summed E-state index contributed by atoms with van der Waals surface area (Å²) in [7, 11) is 3.75. The fourth-order valence-electron chi connectivity index (χ4n) is 1.69. The first-order chi connectivity index (χ1) is 9.88. The number of hydrogen-bond acceptors (Lipinski definition) is 5. The maximum atomic E-state index is 13.3. The van der Waals surface area contributed by atoms with Crippen LogP contribution in [0.3, 0.4) is 0 Å². The fraction of sp³-hybridized carbons (Fsp3) is 0.308. The van der Waals surface area contributed by atoms with Crippen molar-refractivity contribution < 1.29 is 23.2 Å². The van der Waals surface area contributed by atoms with Gasteiger partial charge in [-0.25, -0.2) is 13.6 Å². The average molecular weight is 297 g/mol. The van der Waals surface area contributed by atoms with Gasteiger partial charge in [0.2, 0.25) is 0 Å². The number of likely N-dealkylation sites (N-methyl/N-ethyl adjacent to an activating group) is 1. The van der Waals surface area contributed by atoms with Crippen LogP contribution in [-0.2, 0) is 6.42 Å². The predicted octanol–water partition coefficient (Wildman–Crippen LogP) is 1.82. The number of aromatic nitrogens is 2. The quantitative estimate of drug-likeness (QED) is 0.906. The van der Waals surface area contributed by atoms with Gasteiger partial charge in [0.1, 0.15) is 0 Å². The lowest BCUT2D eigenvalue weighted by atomic mass is 10.1. The van der Waals surface area contributed by atoms with Gasteiger partial charge in [-0.15, -0.1) is 0 Å². The molecule has 0 fully saturated rings. The standard InChI is InChI=1S/C13H13F2N3O3/c1-18(2)4-3-11-16-12(21-17-11)7-5-9(14)10(15)6-8(7)13(19)20/h5-6H,3-4H2,1-2H3,(H,19,20). The zero-order chi connectivity index (χ0) is 15.6. The topological polar surface area (TPSA) is 79.5 Å². The van der Waals surface area contributed by atoms with E-state index in [-0.39, 0.29) is 11.5 Å². The number of aromatic carboxylic acids is 1. The Morgan fingerprint density at radius 2 is 2.00 bits per heavy atom. The Balaban J connectivity index is 2.37. The molecule has 0 aliphatic carbocycles. The van der Waals surface area contributed by atoms with Crippen LogP contribution in [0.2, 0.25) is 0 Å². The molecule has 1 aromatic heterocycles. The van der Waals surface area contributed by atoms with Crippen molar-refractivity contribution in [1.29, 1.82) is 0 Å². The molecule has 2 aromatic rings. The summed E-state index contributed by atoms with van der Waals surface area (Å²) < 4.78 is 31.4.